The number of carbonyl (C=O) groups is 1. The van der Waals surface area contributed by atoms with Crippen LogP contribution in [0.2, 0.25) is 0 Å². The van der Waals surface area contributed by atoms with Gasteiger partial charge < -0.3 is 15.4 Å². The zero-order chi connectivity index (χ0) is 19.3. The number of carbonyl (C=O) groups excluding carboxylic acids is 1. The molecule has 0 radical (unpaired) electrons. The fourth-order valence-electron chi connectivity index (χ4n) is 4.30. The van der Waals surface area contributed by atoms with Crippen molar-refractivity contribution in [2.24, 2.45) is 0 Å². The number of rotatable bonds is 6. The Morgan fingerprint density at radius 3 is 2.93 bits per heavy atom. The number of likely N-dealkylation sites (N-methyl/N-ethyl adjacent to an activating group) is 1. The molecular weight excluding hydrogens is 390 g/mol. The molecule has 0 bridgehead atoms. The molecule has 1 aromatic carbocycles. The number of aromatic nitrogens is 3. The predicted molar refractivity (Wildman–Crippen MR) is 113 cm³/mol. The van der Waals surface area contributed by atoms with Gasteiger partial charge in [-0.3, -0.25) is 4.79 Å². The summed E-state index contributed by atoms with van der Waals surface area (Å²) in [6.45, 7) is 2.49. The highest BCUT2D eigenvalue weighted by Crippen LogP contribution is 2.34. The summed E-state index contributed by atoms with van der Waals surface area (Å²) < 4.78 is 7.94. The van der Waals surface area contributed by atoms with Crippen molar-refractivity contribution in [1.29, 1.82) is 0 Å². The van der Waals surface area contributed by atoms with Gasteiger partial charge in [-0.1, -0.05) is 30.3 Å². The number of nitrogens with one attached hydrogen (secondary N) is 2. The maximum absolute atomic E-state index is 11.8. The summed E-state index contributed by atoms with van der Waals surface area (Å²) in [4.78, 5) is 16.6. The normalized spacial score (nSPS) is 23.7. The number of hydrogen-bond acceptors (Lipinski definition) is 5. The molecule has 0 spiro atoms. The Hall–Kier alpha value is -1.96. The van der Waals surface area contributed by atoms with E-state index in [1.54, 1.807) is 7.05 Å². The standard InChI is InChI=1S/C21H29N5O2.ClH/c1-22-20(27)14-19-24-21(16-7-8-18-17(13-16)23-10-12-28-18)26(25-19)11-9-15-5-3-2-4-6-15;/h2-6,16-18,23H,7-14H2,1H3,(H,22,27);1H/t16-,17+,18+;/m0./s1. The maximum Gasteiger partial charge on any atom is 0.227 e. The third kappa shape index (κ3) is 5.35. The van der Waals surface area contributed by atoms with Crippen molar-refractivity contribution >= 4 is 18.3 Å². The van der Waals surface area contributed by atoms with Gasteiger partial charge >= 0.3 is 0 Å². The second kappa shape index (κ2) is 10.2. The Balaban J connectivity index is 0.00000240. The van der Waals surface area contributed by atoms with E-state index in [-0.39, 0.29) is 24.7 Å². The molecule has 3 atom stereocenters. The number of ether oxygens (including phenoxy) is 1. The number of amides is 1. The van der Waals surface area contributed by atoms with Crippen LogP contribution in [0, 0.1) is 0 Å². The SMILES string of the molecule is CNC(=O)Cc1nc([C@H]2CC[C@H]3OCCN[C@@H]3C2)n(CCc2ccccc2)n1.Cl. The second-order valence-corrected chi connectivity index (χ2v) is 7.67. The molecule has 8 heteroatoms. The molecule has 1 aliphatic heterocycles. The predicted octanol–water partition coefficient (Wildman–Crippen LogP) is 1.86. The van der Waals surface area contributed by atoms with Crippen LogP contribution in [0.15, 0.2) is 30.3 Å². The third-order valence-corrected chi connectivity index (χ3v) is 5.79. The van der Waals surface area contributed by atoms with Crippen molar-refractivity contribution in [2.45, 2.75) is 56.7 Å². The van der Waals surface area contributed by atoms with Crippen molar-refractivity contribution in [3.8, 4) is 0 Å². The summed E-state index contributed by atoms with van der Waals surface area (Å²) in [6, 6.07) is 10.8. The van der Waals surface area contributed by atoms with Crippen LogP contribution in [0.1, 0.15) is 42.4 Å². The van der Waals surface area contributed by atoms with Gasteiger partial charge in [-0.05, 0) is 31.2 Å². The van der Waals surface area contributed by atoms with Crippen LogP contribution >= 0.6 is 12.4 Å². The molecule has 1 aliphatic carbocycles. The van der Waals surface area contributed by atoms with E-state index in [0.29, 0.717) is 23.9 Å². The molecule has 158 valence electrons. The third-order valence-electron chi connectivity index (χ3n) is 5.79. The molecule has 4 rings (SSSR count). The lowest BCUT2D eigenvalue weighted by atomic mass is 9.82. The van der Waals surface area contributed by atoms with E-state index in [2.05, 4.69) is 40.0 Å². The molecule has 29 heavy (non-hydrogen) atoms. The molecule has 2 N–H and O–H groups in total. The molecule has 2 heterocycles. The minimum atomic E-state index is -0.0576. The minimum Gasteiger partial charge on any atom is -0.375 e. The Morgan fingerprint density at radius 1 is 1.31 bits per heavy atom. The van der Waals surface area contributed by atoms with Crippen LogP contribution in [0.3, 0.4) is 0 Å². The lowest BCUT2D eigenvalue weighted by Crippen LogP contribution is -2.51. The summed E-state index contributed by atoms with van der Waals surface area (Å²) >= 11 is 0. The number of hydrogen-bond donors (Lipinski definition) is 2. The molecule has 2 aliphatic rings. The van der Waals surface area contributed by atoms with Gasteiger partial charge in [-0.2, -0.15) is 5.10 Å². The van der Waals surface area contributed by atoms with Gasteiger partial charge in [0.05, 0.1) is 19.1 Å². The fourth-order valence-corrected chi connectivity index (χ4v) is 4.30. The van der Waals surface area contributed by atoms with E-state index in [4.69, 9.17) is 9.72 Å². The Morgan fingerprint density at radius 2 is 2.14 bits per heavy atom. The first-order valence-corrected chi connectivity index (χ1v) is 10.3. The maximum atomic E-state index is 11.8. The summed E-state index contributed by atoms with van der Waals surface area (Å²) in [5.74, 6) is 1.91. The molecule has 0 unspecified atom stereocenters. The zero-order valence-electron chi connectivity index (χ0n) is 16.8. The van der Waals surface area contributed by atoms with E-state index in [1.807, 2.05) is 10.7 Å². The lowest BCUT2D eigenvalue weighted by Gasteiger charge is -2.39. The first kappa shape index (κ1) is 21.7. The smallest absolute Gasteiger partial charge is 0.227 e. The Kier molecular flexibility index (Phi) is 7.64. The summed E-state index contributed by atoms with van der Waals surface area (Å²) in [5, 5.41) is 10.9. The van der Waals surface area contributed by atoms with Crippen LogP contribution in [0.5, 0.6) is 0 Å². The first-order valence-electron chi connectivity index (χ1n) is 10.3. The van der Waals surface area contributed by atoms with Gasteiger partial charge in [0, 0.05) is 32.1 Å². The summed E-state index contributed by atoms with van der Waals surface area (Å²) in [6.07, 6.45) is 4.54. The van der Waals surface area contributed by atoms with Crippen LogP contribution in [-0.4, -0.2) is 53.0 Å². The monoisotopic (exact) mass is 419 g/mol. The van der Waals surface area contributed by atoms with Crippen molar-refractivity contribution in [3.05, 3.63) is 47.5 Å². The van der Waals surface area contributed by atoms with Gasteiger partial charge in [0.1, 0.15) is 5.82 Å². The van der Waals surface area contributed by atoms with Gasteiger partial charge in [0.2, 0.25) is 5.91 Å². The molecule has 1 aromatic heterocycles. The van der Waals surface area contributed by atoms with Crippen molar-refractivity contribution in [2.75, 3.05) is 20.2 Å². The Bertz CT molecular complexity index is 798. The number of morpholine rings is 1. The largest absolute Gasteiger partial charge is 0.375 e. The highest BCUT2D eigenvalue weighted by Gasteiger charge is 2.35. The highest BCUT2D eigenvalue weighted by atomic mass is 35.5. The van der Waals surface area contributed by atoms with Crippen molar-refractivity contribution in [3.63, 3.8) is 0 Å². The van der Waals surface area contributed by atoms with Crippen molar-refractivity contribution < 1.29 is 9.53 Å². The minimum absolute atomic E-state index is 0. The lowest BCUT2D eigenvalue weighted by molar-refractivity contribution is -0.120. The van der Waals surface area contributed by atoms with E-state index in [9.17, 15) is 4.79 Å². The number of halogens is 1. The summed E-state index contributed by atoms with van der Waals surface area (Å²) in [7, 11) is 1.64. The topological polar surface area (TPSA) is 81.1 Å². The van der Waals surface area contributed by atoms with Crippen LogP contribution in [0.4, 0.5) is 0 Å². The Labute approximate surface area is 178 Å². The fraction of sp³-hybridized carbons (Fsp3) is 0.571. The van der Waals surface area contributed by atoms with E-state index >= 15 is 0 Å². The summed E-state index contributed by atoms with van der Waals surface area (Å²) in [5.41, 5.74) is 1.28. The number of fused-ring (bicyclic) bond motifs is 1. The second-order valence-electron chi connectivity index (χ2n) is 7.67. The molecule has 1 saturated heterocycles. The molecular formula is C21H30ClN5O2. The molecule has 1 amide bonds. The number of aryl methyl sites for hydroxylation is 2. The van der Waals surface area contributed by atoms with Gasteiger partial charge in [0.25, 0.3) is 0 Å². The highest BCUT2D eigenvalue weighted by molar-refractivity contribution is 5.85. The van der Waals surface area contributed by atoms with E-state index < -0.39 is 0 Å². The zero-order valence-corrected chi connectivity index (χ0v) is 17.7. The molecule has 1 saturated carbocycles. The molecule has 7 nitrogen and oxygen atoms in total. The van der Waals surface area contributed by atoms with Gasteiger partial charge in [-0.25, -0.2) is 9.67 Å². The number of nitrogens with zero attached hydrogens (tertiary/aromatic N) is 3. The first-order chi connectivity index (χ1) is 13.7. The molecule has 2 aromatic rings. The van der Waals surface area contributed by atoms with Crippen LogP contribution in [-0.2, 0) is 28.9 Å². The van der Waals surface area contributed by atoms with E-state index in [0.717, 1.165) is 51.2 Å². The average molecular weight is 420 g/mol. The quantitative estimate of drug-likeness (QED) is 0.746. The number of benzene rings is 1. The average Bonchev–Trinajstić information content (AvgIpc) is 3.15. The van der Waals surface area contributed by atoms with Gasteiger partial charge in [0.15, 0.2) is 5.82 Å². The van der Waals surface area contributed by atoms with Crippen LogP contribution in [0.25, 0.3) is 0 Å². The van der Waals surface area contributed by atoms with Crippen LogP contribution < -0.4 is 10.6 Å². The van der Waals surface area contributed by atoms with E-state index in [1.165, 1.54) is 5.56 Å². The van der Waals surface area contributed by atoms with Crippen molar-refractivity contribution in [1.82, 2.24) is 25.4 Å². The molecule has 2 fully saturated rings. The van der Waals surface area contributed by atoms with Gasteiger partial charge in [-0.15, -0.1) is 12.4 Å².